The van der Waals surface area contributed by atoms with Crippen LogP contribution in [0.2, 0.25) is 0 Å². The van der Waals surface area contributed by atoms with Crippen LogP contribution in [0.3, 0.4) is 0 Å². The molecule has 0 saturated carbocycles. The second kappa shape index (κ2) is 8.29. The van der Waals surface area contributed by atoms with Crippen LogP contribution in [-0.4, -0.2) is 28.4 Å². The van der Waals surface area contributed by atoms with Crippen molar-refractivity contribution in [3.63, 3.8) is 0 Å². The number of para-hydroxylation sites is 1. The average molecular weight is 263 g/mol. The van der Waals surface area contributed by atoms with Gasteiger partial charge in [-0.1, -0.05) is 44.7 Å². The quantitative estimate of drug-likeness (QED) is 0.558. The molecular formula is C15H21NO3. The number of aromatic hydroxyl groups is 1. The van der Waals surface area contributed by atoms with E-state index in [9.17, 15) is 9.90 Å². The number of aliphatic imine (C=N–C) groups is 1. The van der Waals surface area contributed by atoms with Gasteiger partial charge in [-0.15, -0.1) is 0 Å². The van der Waals surface area contributed by atoms with Crippen molar-refractivity contribution in [3.8, 4) is 5.75 Å². The maximum absolute atomic E-state index is 11.1. The van der Waals surface area contributed by atoms with Crippen molar-refractivity contribution in [2.24, 2.45) is 4.99 Å². The molecule has 0 amide bonds. The van der Waals surface area contributed by atoms with Crippen LogP contribution in [0.15, 0.2) is 29.3 Å². The summed E-state index contributed by atoms with van der Waals surface area (Å²) in [4.78, 5) is 15.2. The van der Waals surface area contributed by atoms with Crippen LogP contribution in [0, 0.1) is 0 Å². The molecule has 1 rings (SSSR count). The van der Waals surface area contributed by atoms with Crippen molar-refractivity contribution in [1.29, 1.82) is 0 Å². The number of carboxylic acids is 1. The Balaban J connectivity index is 2.58. The van der Waals surface area contributed by atoms with E-state index in [4.69, 9.17) is 5.11 Å². The maximum Gasteiger partial charge on any atom is 0.328 e. The van der Waals surface area contributed by atoms with Gasteiger partial charge in [0.15, 0.2) is 0 Å². The van der Waals surface area contributed by atoms with Gasteiger partial charge in [-0.3, -0.25) is 4.99 Å². The first-order valence-electron chi connectivity index (χ1n) is 6.69. The van der Waals surface area contributed by atoms with Gasteiger partial charge in [0.1, 0.15) is 11.8 Å². The average Bonchev–Trinajstić information content (AvgIpc) is 2.39. The summed E-state index contributed by atoms with van der Waals surface area (Å²) in [5.74, 6) is -0.801. The number of nitrogens with zero attached hydrogens (tertiary/aromatic N) is 1. The van der Waals surface area contributed by atoms with Crippen molar-refractivity contribution >= 4 is 12.2 Å². The largest absolute Gasteiger partial charge is 0.507 e. The summed E-state index contributed by atoms with van der Waals surface area (Å²) in [5.41, 5.74) is 0.544. The van der Waals surface area contributed by atoms with Crippen LogP contribution < -0.4 is 0 Å². The number of aliphatic carboxylic acids is 1. The maximum atomic E-state index is 11.1. The molecule has 0 spiro atoms. The van der Waals surface area contributed by atoms with Crippen molar-refractivity contribution in [2.75, 3.05) is 0 Å². The summed E-state index contributed by atoms with van der Waals surface area (Å²) >= 11 is 0. The lowest BCUT2D eigenvalue weighted by molar-refractivity contribution is -0.138. The van der Waals surface area contributed by atoms with Gasteiger partial charge in [0, 0.05) is 11.8 Å². The molecular weight excluding hydrogens is 242 g/mol. The minimum Gasteiger partial charge on any atom is -0.507 e. The molecule has 1 aromatic rings. The molecule has 4 nitrogen and oxygen atoms in total. The fourth-order valence-corrected chi connectivity index (χ4v) is 1.79. The van der Waals surface area contributed by atoms with Crippen LogP contribution in [0.5, 0.6) is 5.75 Å². The van der Waals surface area contributed by atoms with Gasteiger partial charge in [-0.2, -0.15) is 0 Å². The molecule has 0 aliphatic rings. The van der Waals surface area contributed by atoms with E-state index in [1.807, 2.05) is 0 Å². The molecule has 0 bridgehead atoms. The number of benzene rings is 1. The highest BCUT2D eigenvalue weighted by Gasteiger charge is 2.14. The van der Waals surface area contributed by atoms with Crippen molar-refractivity contribution < 1.29 is 15.0 Å². The van der Waals surface area contributed by atoms with Crippen molar-refractivity contribution in [2.45, 2.75) is 45.1 Å². The summed E-state index contributed by atoms with van der Waals surface area (Å²) in [6.07, 6.45) is 6.12. The zero-order valence-electron chi connectivity index (χ0n) is 11.2. The minimum atomic E-state index is -0.914. The molecule has 0 fully saturated rings. The topological polar surface area (TPSA) is 69.9 Å². The molecule has 0 aromatic heterocycles. The highest BCUT2D eigenvalue weighted by atomic mass is 16.4. The number of carboxylic acid groups (broad SMARTS) is 1. The molecule has 0 aliphatic heterocycles. The summed E-state index contributed by atoms with van der Waals surface area (Å²) in [7, 11) is 0. The van der Waals surface area contributed by atoms with Crippen LogP contribution in [-0.2, 0) is 4.79 Å². The first kappa shape index (κ1) is 15.2. The molecule has 2 N–H and O–H groups in total. The molecule has 0 unspecified atom stereocenters. The predicted molar refractivity (Wildman–Crippen MR) is 75.9 cm³/mol. The first-order valence-corrected chi connectivity index (χ1v) is 6.69. The number of phenolic OH excluding ortho intramolecular Hbond substituents is 1. The van der Waals surface area contributed by atoms with Crippen LogP contribution >= 0.6 is 0 Å². The Hall–Kier alpha value is -1.84. The van der Waals surface area contributed by atoms with Gasteiger partial charge in [0.2, 0.25) is 0 Å². The van der Waals surface area contributed by atoms with E-state index in [0.29, 0.717) is 12.0 Å². The fourth-order valence-electron chi connectivity index (χ4n) is 1.79. The second-order valence-corrected chi connectivity index (χ2v) is 4.54. The van der Waals surface area contributed by atoms with E-state index < -0.39 is 12.0 Å². The highest BCUT2D eigenvalue weighted by Crippen LogP contribution is 2.14. The molecule has 4 heteroatoms. The standard InChI is InChI=1S/C15H21NO3/c1-2-3-4-5-9-13(15(18)19)16-11-12-8-6-7-10-14(12)17/h6-8,10-11,13,17H,2-5,9H2,1H3,(H,18,19)/t13-/m0/s1. The Kier molecular flexibility index (Phi) is 6.64. The Morgan fingerprint density at radius 3 is 2.68 bits per heavy atom. The van der Waals surface area contributed by atoms with Gasteiger partial charge in [0.25, 0.3) is 0 Å². The summed E-state index contributed by atoms with van der Waals surface area (Å²) < 4.78 is 0. The first-order chi connectivity index (χ1) is 9.15. The minimum absolute atomic E-state index is 0.112. The predicted octanol–water partition coefficient (Wildman–Crippen LogP) is 3.23. The lowest BCUT2D eigenvalue weighted by Crippen LogP contribution is -2.18. The Morgan fingerprint density at radius 2 is 2.05 bits per heavy atom. The molecule has 104 valence electrons. The molecule has 0 saturated heterocycles. The van der Waals surface area contributed by atoms with E-state index in [-0.39, 0.29) is 5.75 Å². The van der Waals surface area contributed by atoms with Crippen LogP contribution in [0.4, 0.5) is 0 Å². The van der Waals surface area contributed by atoms with E-state index in [1.54, 1.807) is 24.3 Å². The number of phenols is 1. The monoisotopic (exact) mass is 263 g/mol. The van der Waals surface area contributed by atoms with E-state index in [0.717, 1.165) is 25.7 Å². The Bertz CT molecular complexity index is 429. The second-order valence-electron chi connectivity index (χ2n) is 4.54. The van der Waals surface area contributed by atoms with E-state index in [1.165, 1.54) is 6.21 Å². The normalized spacial score (nSPS) is 12.7. The summed E-state index contributed by atoms with van der Waals surface area (Å²) in [6.45, 7) is 2.12. The summed E-state index contributed by atoms with van der Waals surface area (Å²) in [6, 6.07) is 6.02. The highest BCUT2D eigenvalue weighted by molar-refractivity contribution is 5.85. The SMILES string of the molecule is CCCCCC[C@H](N=Cc1ccccc1O)C(=O)O. The van der Waals surface area contributed by atoms with Gasteiger partial charge in [0.05, 0.1) is 0 Å². The van der Waals surface area contributed by atoms with Gasteiger partial charge in [-0.25, -0.2) is 4.79 Å². The van der Waals surface area contributed by atoms with Crippen LogP contribution in [0.25, 0.3) is 0 Å². The number of rotatable bonds is 8. The number of hydrogen-bond donors (Lipinski definition) is 2. The number of carbonyl (C=O) groups is 1. The number of unbranched alkanes of at least 4 members (excludes halogenated alkanes) is 3. The number of hydrogen-bond acceptors (Lipinski definition) is 3. The third-order valence-corrected chi connectivity index (χ3v) is 2.95. The molecule has 19 heavy (non-hydrogen) atoms. The van der Waals surface area contributed by atoms with E-state index in [2.05, 4.69) is 11.9 Å². The molecule has 0 radical (unpaired) electrons. The molecule has 0 aliphatic carbocycles. The zero-order chi connectivity index (χ0) is 14.1. The summed E-state index contributed by atoms with van der Waals surface area (Å²) in [5, 5.41) is 18.7. The smallest absolute Gasteiger partial charge is 0.328 e. The van der Waals surface area contributed by atoms with Crippen LogP contribution in [0.1, 0.15) is 44.6 Å². The van der Waals surface area contributed by atoms with E-state index >= 15 is 0 Å². The van der Waals surface area contributed by atoms with Crippen molar-refractivity contribution in [1.82, 2.24) is 0 Å². The molecule has 1 aromatic carbocycles. The van der Waals surface area contributed by atoms with Gasteiger partial charge < -0.3 is 10.2 Å². The Labute approximate surface area is 113 Å². The third kappa shape index (κ3) is 5.55. The van der Waals surface area contributed by atoms with Gasteiger partial charge in [-0.05, 0) is 18.6 Å². The lowest BCUT2D eigenvalue weighted by Gasteiger charge is -2.07. The molecule has 0 heterocycles. The zero-order valence-corrected chi connectivity index (χ0v) is 11.2. The lowest BCUT2D eigenvalue weighted by atomic mass is 10.1. The Morgan fingerprint density at radius 1 is 1.32 bits per heavy atom. The fraction of sp³-hybridized carbons (Fsp3) is 0.467. The molecule has 1 atom stereocenters. The van der Waals surface area contributed by atoms with Crippen molar-refractivity contribution in [3.05, 3.63) is 29.8 Å². The third-order valence-electron chi connectivity index (χ3n) is 2.95. The van der Waals surface area contributed by atoms with Gasteiger partial charge >= 0.3 is 5.97 Å².